The molecule has 0 aliphatic carbocycles. The predicted octanol–water partition coefficient (Wildman–Crippen LogP) is 0.0865. The average Bonchev–Trinajstić information content (AvgIpc) is 2.77. The van der Waals surface area contributed by atoms with Crippen molar-refractivity contribution < 1.29 is 8.42 Å². The van der Waals surface area contributed by atoms with Gasteiger partial charge in [-0.2, -0.15) is 5.10 Å². The minimum Gasteiger partial charge on any atom is -0.317 e. The molecule has 0 saturated carbocycles. The molecule has 1 aliphatic rings. The maximum atomic E-state index is 12.2. The van der Waals surface area contributed by atoms with E-state index in [1.165, 1.54) is 16.9 Å². The van der Waals surface area contributed by atoms with Gasteiger partial charge in [0.05, 0.1) is 6.20 Å². The minimum absolute atomic E-state index is 0.0491. The minimum atomic E-state index is -3.47. The first kappa shape index (κ1) is 13.5. The van der Waals surface area contributed by atoms with E-state index in [1.807, 2.05) is 6.92 Å². The number of aryl methyl sites for hydroxylation is 1. The van der Waals surface area contributed by atoms with Gasteiger partial charge in [-0.1, -0.05) is 0 Å². The highest BCUT2D eigenvalue weighted by Crippen LogP contribution is 2.18. The quantitative estimate of drug-likeness (QED) is 0.814. The van der Waals surface area contributed by atoms with Gasteiger partial charge in [-0.05, 0) is 44.8 Å². The van der Waals surface area contributed by atoms with E-state index >= 15 is 0 Å². The zero-order chi connectivity index (χ0) is 13.2. The Morgan fingerprint density at radius 3 is 2.72 bits per heavy atom. The molecule has 1 aromatic heterocycles. The molecule has 0 amide bonds. The molecular formula is C11H20N4O2S. The standard InChI is InChI=1S/C11H20N4O2S/c1-9(10-3-6-12-7-4-10)14-18(16,17)11-5-8-13-15(11)2/h5,8-10,12,14H,3-4,6-7H2,1-2H3. The van der Waals surface area contributed by atoms with Crippen LogP contribution in [0, 0.1) is 5.92 Å². The van der Waals surface area contributed by atoms with Crippen molar-refractivity contribution >= 4 is 10.0 Å². The third kappa shape index (κ3) is 2.90. The predicted molar refractivity (Wildman–Crippen MR) is 68.6 cm³/mol. The zero-order valence-corrected chi connectivity index (χ0v) is 11.6. The van der Waals surface area contributed by atoms with Crippen molar-refractivity contribution in [2.75, 3.05) is 13.1 Å². The molecule has 1 fully saturated rings. The summed E-state index contributed by atoms with van der Waals surface area (Å²) >= 11 is 0. The van der Waals surface area contributed by atoms with Gasteiger partial charge in [-0.15, -0.1) is 0 Å². The van der Waals surface area contributed by atoms with Gasteiger partial charge in [0.2, 0.25) is 0 Å². The van der Waals surface area contributed by atoms with Crippen LogP contribution in [-0.4, -0.2) is 37.3 Å². The highest BCUT2D eigenvalue weighted by Gasteiger charge is 2.26. The smallest absolute Gasteiger partial charge is 0.257 e. The largest absolute Gasteiger partial charge is 0.317 e. The molecule has 2 rings (SSSR count). The van der Waals surface area contributed by atoms with Crippen LogP contribution in [0.2, 0.25) is 0 Å². The Kier molecular flexibility index (Phi) is 4.04. The summed E-state index contributed by atoms with van der Waals surface area (Å²) in [6.45, 7) is 3.86. The second kappa shape index (κ2) is 5.38. The Morgan fingerprint density at radius 1 is 1.50 bits per heavy atom. The van der Waals surface area contributed by atoms with Crippen LogP contribution in [0.4, 0.5) is 0 Å². The van der Waals surface area contributed by atoms with Crippen LogP contribution in [0.1, 0.15) is 19.8 Å². The van der Waals surface area contributed by atoms with Crippen LogP contribution < -0.4 is 10.0 Å². The Hall–Kier alpha value is -0.920. The van der Waals surface area contributed by atoms with Gasteiger partial charge in [0.15, 0.2) is 5.03 Å². The fourth-order valence-corrected chi connectivity index (χ4v) is 3.81. The molecule has 0 bridgehead atoms. The fraction of sp³-hybridized carbons (Fsp3) is 0.727. The molecule has 1 aromatic rings. The van der Waals surface area contributed by atoms with Gasteiger partial charge in [0, 0.05) is 13.1 Å². The lowest BCUT2D eigenvalue weighted by atomic mass is 9.92. The van der Waals surface area contributed by atoms with Crippen molar-refractivity contribution in [2.45, 2.75) is 30.8 Å². The number of piperidine rings is 1. The van der Waals surface area contributed by atoms with E-state index in [9.17, 15) is 8.42 Å². The summed E-state index contributed by atoms with van der Waals surface area (Å²) in [6, 6.07) is 1.46. The third-order valence-electron chi connectivity index (χ3n) is 3.48. The van der Waals surface area contributed by atoms with Crippen LogP contribution in [-0.2, 0) is 17.1 Å². The number of hydrogen-bond acceptors (Lipinski definition) is 4. The van der Waals surface area contributed by atoms with E-state index in [2.05, 4.69) is 15.1 Å². The summed E-state index contributed by atoms with van der Waals surface area (Å²) in [6.07, 6.45) is 3.51. The molecule has 1 atom stereocenters. The Bertz CT molecular complexity index is 491. The highest BCUT2D eigenvalue weighted by atomic mass is 32.2. The van der Waals surface area contributed by atoms with E-state index in [-0.39, 0.29) is 11.1 Å². The van der Waals surface area contributed by atoms with Crippen LogP contribution >= 0.6 is 0 Å². The van der Waals surface area contributed by atoms with E-state index in [4.69, 9.17) is 0 Å². The second-order valence-electron chi connectivity index (χ2n) is 4.79. The van der Waals surface area contributed by atoms with Gasteiger partial charge < -0.3 is 5.32 Å². The summed E-state index contributed by atoms with van der Waals surface area (Å²) in [5, 5.41) is 7.38. The van der Waals surface area contributed by atoms with E-state index in [0.29, 0.717) is 5.92 Å². The summed E-state index contributed by atoms with van der Waals surface area (Å²) in [5.74, 6) is 0.397. The van der Waals surface area contributed by atoms with Crippen molar-refractivity contribution in [3.05, 3.63) is 12.3 Å². The number of nitrogens with one attached hydrogen (secondary N) is 2. The lowest BCUT2D eigenvalue weighted by molar-refractivity contribution is 0.315. The highest BCUT2D eigenvalue weighted by molar-refractivity contribution is 7.89. The Morgan fingerprint density at radius 2 is 2.17 bits per heavy atom. The average molecular weight is 272 g/mol. The number of aromatic nitrogens is 2. The monoisotopic (exact) mass is 272 g/mol. The molecular weight excluding hydrogens is 252 g/mol. The van der Waals surface area contributed by atoms with Crippen molar-refractivity contribution in [2.24, 2.45) is 13.0 Å². The Balaban J connectivity index is 2.06. The molecule has 2 heterocycles. The molecule has 0 aromatic carbocycles. The van der Waals surface area contributed by atoms with Crippen molar-refractivity contribution in [3.8, 4) is 0 Å². The molecule has 102 valence electrons. The maximum Gasteiger partial charge on any atom is 0.257 e. The molecule has 2 N–H and O–H groups in total. The summed E-state index contributed by atoms with van der Waals surface area (Å²) in [5.41, 5.74) is 0. The number of hydrogen-bond donors (Lipinski definition) is 2. The van der Waals surface area contributed by atoms with Crippen LogP contribution in [0.3, 0.4) is 0 Å². The summed E-state index contributed by atoms with van der Waals surface area (Å²) in [4.78, 5) is 0. The first-order valence-electron chi connectivity index (χ1n) is 6.22. The van der Waals surface area contributed by atoms with Crippen molar-refractivity contribution in [1.29, 1.82) is 0 Å². The number of rotatable bonds is 4. The van der Waals surface area contributed by atoms with Crippen LogP contribution in [0.5, 0.6) is 0 Å². The first-order valence-corrected chi connectivity index (χ1v) is 7.70. The van der Waals surface area contributed by atoms with Crippen LogP contribution in [0.25, 0.3) is 0 Å². The topological polar surface area (TPSA) is 76.0 Å². The molecule has 7 heteroatoms. The van der Waals surface area contributed by atoms with Gasteiger partial charge in [0.25, 0.3) is 10.0 Å². The van der Waals surface area contributed by atoms with Crippen molar-refractivity contribution in [1.82, 2.24) is 19.8 Å². The zero-order valence-electron chi connectivity index (χ0n) is 10.8. The van der Waals surface area contributed by atoms with Crippen LogP contribution in [0.15, 0.2) is 17.3 Å². The number of nitrogens with zero attached hydrogens (tertiary/aromatic N) is 2. The fourth-order valence-electron chi connectivity index (χ4n) is 2.37. The van der Waals surface area contributed by atoms with Gasteiger partial charge in [-0.25, -0.2) is 13.1 Å². The summed E-state index contributed by atoms with van der Waals surface area (Å²) in [7, 11) is -1.84. The molecule has 1 saturated heterocycles. The molecule has 1 unspecified atom stereocenters. The van der Waals surface area contributed by atoms with E-state index in [0.717, 1.165) is 25.9 Å². The van der Waals surface area contributed by atoms with Gasteiger partial charge in [-0.3, -0.25) is 4.68 Å². The SMILES string of the molecule is CC(NS(=O)(=O)c1ccnn1C)C1CCNCC1. The lowest BCUT2D eigenvalue weighted by Gasteiger charge is -2.28. The molecule has 6 nitrogen and oxygen atoms in total. The van der Waals surface area contributed by atoms with Crippen molar-refractivity contribution in [3.63, 3.8) is 0 Å². The molecule has 18 heavy (non-hydrogen) atoms. The summed E-state index contributed by atoms with van der Waals surface area (Å²) < 4.78 is 28.5. The normalized spacial score (nSPS) is 19.9. The lowest BCUT2D eigenvalue weighted by Crippen LogP contribution is -2.42. The molecule has 1 aliphatic heterocycles. The Labute approximate surface area is 108 Å². The first-order chi connectivity index (χ1) is 8.50. The second-order valence-corrected chi connectivity index (χ2v) is 6.45. The molecule has 0 spiro atoms. The third-order valence-corrected chi connectivity index (χ3v) is 5.12. The van der Waals surface area contributed by atoms with E-state index in [1.54, 1.807) is 7.05 Å². The van der Waals surface area contributed by atoms with Gasteiger partial charge in [0.1, 0.15) is 0 Å². The van der Waals surface area contributed by atoms with E-state index < -0.39 is 10.0 Å². The van der Waals surface area contributed by atoms with Gasteiger partial charge >= 0.3 is 0 Å². The number of sulfonamides is 1. The molecule has 0 radical (unpaired) electrons. The maximum absolute atomic E-state index is 12.2.